The van der Waals surface area contributed by atoms with Crippen LogP contribution < -0.4 is 15.0 Å². The number of aryl methyl sites for hydroxylation is 1. The third-order valence-corrected chi connectivity index (χ3v) is 9.49. The molecule has 3 atom stereocenters. The third kappa shape index (κ3) is 5.74. The summed E-state index contributed by atoms with van der Waals surface area (Å²) in [6.45, 7) is 5.03. The van der Waals surface area contributed by atoms with Crippen molar-refractivity contribution < 1.29 is 23.0 Å². The average molecular weight is 696 g/mol. The van der Waals surface area contributed by atoms with Crippen LogP contribution in [-0.2, 0) is 16.1 Å². The maximum Gasteiger partial charge on any atom is 0.245 e. The van der Waals surface area contributed by atoms with Crippen LogP contribution in [0.1, 0.15) is 19.2 Å². The number of hydrogen-bond acceptors (Lipinski definition) is 11. The van der Waals surface area contributed by atoms with E-state index in [2.05, 4.69) is 30.4 Å². The molecule has 0 spiro atoms. The van der Waals surface area contributed by atoms with Crippen molar-refractivity contribution >= 4 is 39.7 Å². The van der Waals surface area contributed by atoms with E-state index in [0.29, 0.717) is 83.0 Å². The lowest BCUT2D eigenvalue weighted by atomic mass is 10.1. The predicted molar refractivity (Wildman–Crippen MR) is 185 cm³/mol. The molecule has 0 unspecified atom stereocenters. The first-order chi connectivity index (χ1) is 24.7. The molecular weight excluding hydrogens is 660 g/mol. The second-order valence-corrected chi connectivity index (χ2v) is 12.7. The van der Waals surface area contributed by atoms with Crippen LogP contribution in [0.25, 0.3) is 39.0 Å². The zero-order chi connectivity index (χ0) is 35.4. The monoisotopic (exact) mass is 695 g/mol. The topological polar surface area (TPSA) is 141 Å². The molecule has 0 aliphatic carbocycles. The molecule has 16 heteroatoms. The summed E-state index contributed by atoms with van der Waals surface area (Å²) in [7, 11) is 3.37. The van der Waals surface area contributed by atoms with Gasteiger partial charge in [-0.1, -0.05) is 0 Å². The largest absolute Gasteiger partial charge is 0.492 e. The minimum atomic E-state index is -0.627. The number of nitrogens with one attached hydrogen (secondary N) is 1. The fourth-order valence-electron chi connectivity index (χ4n) is 7.17. The number of nitrogens with zero attached hydrogens (tertiary/aromatic N) is 10. The lowest BCUT2D eigenvalue weighted by Crippen LogP contribution is -2.47. The first-order valence-corrected chi connectivity index (χ1v) is 16.6. The highest BCUT2D eigenvalue weighted by molar-refractivity contribution is 5.93. The molecule has 14 nitrogen and oxygen atoms in total. The number of amides is 1. The van der Waals surface area contributed by atoms with Gasteiger partial charge in [-0.25, -0.2) is 38.4 Å². The number of benzene rings is 2. The van der Waals surface area contributed by atoms with Crippen molar-refractivity contribution in [3.05, 3.63) is 72.6 Å². The SMILES string of the molecule is CCOc1cc(F)ccc1-n1ncc2c(N3C[C@@H]4C[C@H]3C(=O)N(C)C[C@@H](OC)Cn3c(C)nc5cc(F)cc(c53)-c3ccnc(n3)N4)ncnc21. The molecule has 1 amide bonds. The number of methoxy groups -OCH3 is 1. The summed E-state index contributed by atoms with van der Waals surface area (Å²) >= 11 is 0. The first-order valence-electron chi connectivity index (χ1n) is 16.6. The van der Waals surface area contributed by atoms with Gasteiger partial charge in [-0.3, -0.25) is 4.79 Å². The van der Waals surface area contributed by atoms with Gasteiger partial charge in [0.25, 0.3) is 0 Å². The molecule has 2 aliphatic rings. The lowest BCUT2D eigenvalue weighted by molar-refractivity contribution is -0.132. The Morgan fingerprint density at radius 3 is 2.71 bits per heavy atom. The van der Waals surface area contributed by atoms with Crippen LogP contribution in [0.15, 0.2) is 55.1 Å². The van der Waals surface area contributed by atoms with E-state index in [0.717, 1.165) is 5.52 Å². The van der Waals surface area contributed by atoms with Crippen molar-refractivity contribution in [1.29, 1.82) is 0 Å². The minimum Gasteiger partial charge on any atom is -0.492 e. The Bertz CT molecular complexity index is 2290. The summed E-state index contributed by atoms with van der Waals surface area (Å²) < 4.78 is 44.3. The molecule has 1 N–H and O–H groups in total. The Labute approximate surface area is 291 Å². The van der Waals surface area contributed by atoms with Crippen LogP contribution in [-0.4, -0.2) is 102 Å². The number of halogens is 2. The quantitative estimate of drug-likeness (QED) is 0.278. The van der Waals surface area contributed by atoms with Gasteiger partial charge in [0.15, 0.2) is 5.65 Å². The van der Waals surface area contributed by atoms with Gasteiger partial charge in [0, 0.05) is 57.2 Å². The second-order valence-electron chi connectivity index (χ2n) is 12.7. The highest BCUT2D eigenvalue weighted by Gasteiger charge is 2.41. The second kappa shape index (κ2) is 12.8. The molecular formula is C35H35F2N11O3. The van der Waals surface area contributed by atoms with Crippen LogP contribution in [0.4, 0.5) is 20.5 Å². The minimum absolute atomic E-state index is 0.128. The molecule has 1 saturated heterocycles. The van der Waals surface area contributed by atoms with E-state index < -0.39 is 23.8 Å². The number of carbonyl (C=O) groups excluding carboxylic acids is 1. The fourth-order valence-corrected chi connectivity index (χ4v) is 7.17. The molecule has 8 rings (SSSR count). The highest BCUT2D eigenvalue weighted by Crippen LogP contribution is 2.35. The van der Waals surface area contributed by atoms with E-state index in [-0.39, 0.29) is 18.5 Å². The van der Waals surface area contributed by atoms with Gasteiger partial charge >= 0.3 is 0 Å². The van der Waals surface area contributed by atoms with Crippen LogP contribution in [0.5, 0.6) is 5.75 Å². The summed E-state index contributed by atoms with van der Waals surface area (Å²) in [5, 5.41) is 8.62. The Morgan fingerprint density at radius 2 is 1.88 bits per heavy atom. The molecule has 51 heavy (non-hydrogen) atoms. The highest BCUT2D eigenvalue weighted by atomic mass is 19.1. The van der Waals surface area contributed by atoms with Crippen molar-refractivity contribution in [2.45, 2.75) is 45.0 Å². The van der Waals surface area contributed by atoms with E-state index >= 15 is 0 Å². The number of fused-ring (bicyclic) bond motifs is 6. The van der Waals surface area contributed by atoms with Gasteiger partial charge < -0.3 is 29.2 Å². The number of aromatic nitrogens is 8. The van der Waals surface area contributed by atoms with Crippen LogP contribution in [0, 0.1) is 18.6 Å². The molecule has 2 aliphatic heterocycles. The van der Waals surface area contributed by atoms with Crippen LogP contribution >= 0.6 is 0 Å². The number of rotatable bonds is 5. The standard InChI is InChI=1S/C35H35F2N11O3/c1-5-51-30-12-20(36)6-7-28(30)48-33-25(14-41-48)32(39-18-40-33)47-15-22-13-29(47)34(49)45(3)16-23(50-4)17-46-19(2)42-27-11-21(37)10-24(31(27)46)26-8-9-38-35(43-22)44-26/h6-12,14,18,22-23,29H,5,13,15-17H2,1-4H3,(H,38,43,44)/t22-,23+,29-/m0/s1. The Kier molecular flexibility index (Phi) is 8.17. The zero-order valence-corrected chi connectivity index (χ0v) is 28.4. The molecule has 0 saturated carbocycles. The normalized spacial score (nSPS) is 19.3. The summed E-state index contributed by atoms with van der Waals surface area (Å²) in [6, 6.07) is 7.95. The molecule has 2 aromatic carbocycles. The Morgan fingerprint density at radius 1 is 1.02 bits per heavy atom. The van der Waals surface area contributed by atoms with E-state index in [1.54, 1.807) is 48.3 Å². The van der Waals surface area contributed by atoms with Gasteiger partial charge in [0.2, 0.25) is 11.9 Å². The fraction of sp³-hybridized carbons (Fsp3) is 0.343. The van der Waals surface area contributed by atoms with Gasteiger partial charge in [-0.15, -0.1) is 0 Å². The summed E-state index contributed by atoms with van der Waals surface area (Å²) in [5.41, 5.74) is 3.31. The predicted octanol–water partition coefficient (Wildman–Crippen LogP) is 4.15. The molecule has 1 fully saturated rings. The van der Waals surface area contributed by atoms with Crippen molar-refractivity contribution in [3.8, 4) is 22.7 Å². The van der Waals surface area contributed by atoms with Crippen molar-refractivity contribution in [2.24, 2.45) is 0 Å². The first kappa shape index (κ1) is 32.4. The number of likely N-dealkylation sites (N-methyl/N-ethyl adjacent to an activating group) is 1. The number of ether oxygens (including phenoxy) is 2. The maximum atomic E-state index is 15.0. The van der Waals surface area contributed by atoms with Gasteiger partial charge in [0.1, 0.15) is 47.1 Å². The van der Waals surface area contributed by atoms with Crippen molar-refractivity contribution in [3.63, 3.8) is 0 Å². The number of anilines is 2. The zero-order valence-electron chi connectivity index (χ0n) is 28.4. The molecule has 262 valence electrons. The molecule has 6 heterocycles. The van der Waals surface area contributed by atoms with Crippen LogP contribution in [0.2, 0.25) is 0 Å². The summed E-state index contributed by atoms with van der Waals surface area (Å²) in [4.78, 5) is 41.2. The number of imidazole rings is 1. The molecule has 0 radical (unpaired) electrons. The Hall–Kier alpha value is -5.77. The van der Waals surface area contributed by atoms with Crippen molar-refractivity contribution in [2.75, 3.05) is 44.1 Å². The molecule has 4 bridgehead atoms. The maximum absolute atomic E-state index is 15.0. The van der Waals surface area contributed by atoms with Gasteiger partial charge in [-0.05, 0) is 44.5 Å². The Balaban J connectivity index is 1.22. The lowest BCUT2D eigenvalue weighted by Gasteiger charge is -2.30. The third-order valence-electron chi connectivity index (χ3n) is 9.49. The van der Waals surface area contributed by atoms with Crippen LogP contribution in [0.3, 0.4) is 0 Å². The van der Waals surface area contributed by atoms with E-state index in [1.165, 1.54) is 30.6 Å². The number of hydrogen-bond donors (Lipinski definition) is 1. The molecule has 6 aromatic rings. The van der Waals surface area contributed by atoms with Gasteiger partial charge in [0.05, 0.1) is 47.6 Å². The van der Waals surface area contributed by atoms with E-state index in [1.807, 2.05) is 23.3 Å². The van der Waals surface area contributed by atoms with E-state index in [9.17, 15) is 13.6 Å². The van der Waals surface area contributed by atoms with E-state index in [4.69, 9.17) is 14.5 Å². The van der Waals surface area contributed by atoms with Crippen molar-refractivity contribution in [1.82, 2.24) is 44.2 Å². The summed E-state index contributed by atoms with van der Waals surface area (Å²) in [6.07, 6.45) is 4.69. The smallest absolute Gasteiger partial charge is 0.245 e. The summed E-state index contributed by atoms with van der Waals surface area (Å²) in [5.74, 6) is 0.865. The average Bonchev–Trinajstić information content (AvgIpc) is 3.82. The van der Waals surface area contributed by atoms with Gasteiger partial charge in [-0.2, -0.15) is 5.10 Å². The number of carbonyl (C=O) groups is 1. The molecule has 4 aromatic heterocycles.